The number of allylic oxidation sites excluding steroid dienone is 2. The quantitative estimate of drug-likeness (QED) is 0.350. The molecular formula is C19H20N6O5. The summed E-state index contributed by atoms with van der Waals surface area (Å²) in [5, 5.41) is 6.24. The Morgan fingerprint density at radius 1 is 1.43 bits per heavy atom. The van der Waals surface area contributed by atoms with E-state index in [1.165, 1.54) is 19.4 Å². The van der Waals surface area contributed by atoms with E-state index >= 15 is 0 Å². The highest BCUT2D eigenvalue weighted by Crippen LogP contribution is 2.55. The van der Waals surface area contributed by atoms with E-state index in [2.05, 4.69) is 15.6 Å². The van der Waals surface area contributed by atoms with Crippen LogP contribution < -0.4 is 22.1 Å². The number of nitrogens with one attached hydrogen (secondary N) is 2. The highest BCUT2D eigenvalue weighted by Gasteiger charge is 2.72. The SMILES string of the molecule is COC12C(COC(N)=O)C3=C(C(=O)C=C(Nc4ccc(N)nc4)C3=O)N1CC1NC12. The first-order chi connectivity index (χ1) is 14.4. The summed E-state index contributed by atoms with van der Waals surface area (Å²) >= 11 is 0. The van der Waals surface area contributed by atoms with Gasteiger partial charge in [-0.1, -0.05) is 0 Å². The van der Waals surface area contributed by atoms with Crippen LogP contribution in [0.3, 0.4) is 0 Å². The number of rotatable bonds is 5. The molecule has 1 aromatic rings. The zero-order valence-corrected chi connectivity index (χ0v) is 16.0. The lowest BCUT2D eigenvalue weighted by Crippen LogP contribution is -2.55. The zero-order chi connectivity index (χ0) is 21.2. The third-order valence-electron chi connectivity index (χ3n) is 6.09. The van der Waals surface area contributed by atoms with E-state index < -0.39 is 17.7 Å². The Bertz CT molecular complexity index is 1030. The van der Waals surface area contributed by atoms with Gasteiger partial charge in [0.05, 0.1) is 35.2 Å². The first kappa shape index (κ1) is 18.6. The number of nitrogens with two attached hydrogens (primary N) is 2. The van der Waals surface area contributed by atoms with Crippen LogP contribution in [0.2, 0.25) is 0 Å². The van der Waals surface area contributed by atoms with Crippen LogP contribution in [0.4, 0.5) is 16.3 Å². The summed E-state index contributed by atoms with van der Waals surface area (Å²) in [5.74, 6) is -1.04. The van der Waals surface area contributed by atoms with Gasteiger partial charge in [0, 0.05) is 31.3 Å². The number of nitrogens with zero attached hydrogens (tertiary/aromatic N) is 2. The van der Waals surface area contributed by atoms with E-state index in [0.29, 0.717) is 18.1 Å². The molecule has 4 unspecified atom stereocenters. The first-order valence-electron chi connectivity index (χ1n) is 9.41. The lowest BCUT2D eigenvalue weighted by molar-refractivity contribution is -0.136. The van der Waals surface area contributed by atoms with Crippen LogP contribution in [0.5, 0.6) is 0 Å². The van der Waals surface area contributed by atoms with Gasteiger partial charge >= 0.3 is 6.09 Å². The highest BCUT2D eigenvalue weighted by molar-refractivity contribution is 6.24. The average Bonchev–Trinajstić information content (AvgIpc) is 3.32. The van der Waals surface area contributed by atoms with Gasteiger partial charge in [0.2, 0.25) is 11.6 Å². The lowest BCUT2D eigenvalue weighted by atomic mass is 9.84. The molecule has 0 aromatic carbocycles. The number of fused-ring (bicyclic) bond motifs is 4. The molecule has 11 heteroatoms. The molecule has 3 aliphatic heterocycles. The Labute approximate surface area is 171 Å². The summed E-state index contributed by atoms with van der Waals surface area (Å²) in [7, 11) is 1.52. The molecule has 30 heavy (non-hydrogen) atoms. The number of pyridine rings is 1. The number of nitrogen functional groups attached to an aromatic ring is 1. The molecular weight excluding hydrogens is 392 g/mol. The lowest BCUT2D eigenvalue weighted by Gasteiger charge is -2.39. The van der Waals surface area contributed by atoms with E-state index in [-0.39, 0.29) is 47.2 Å². The van der Waals surface area contributed by atoms with E-state index in [1.807, 2.05) is 4.90 Å². The topological polar surface area (TPSA) is 172 Å². The van der Waals surface area contributed by atoms with Crippen molar-refractivity contribution < 1.29 is 23.9 Å². The molecule has 0 radical (unpaired) electrons. The zero-order valence-electron chi connectivity index (χ0n) is 16.0. The summed E-state index contributed by atoms with van der Waals surface area (Å²) in [4.78, 5) is 43.6. The maximum atomic E-state index is 13.4. The van der Waals surface area contributed by atoms with Crippen molar-refractivity contribution in [2.24, 2.45) is 11.7 Å². The van der Waals surface area contributed by atoms with Crippen LogP contribution in [0.15, 0.2) is 41.4 Å². The fourth-order valence-electron chi connectivity index (χ4n) is 4.85. The monoisotopic (exact) mass is 412 g/mol. The molecule has 1 aliphatic carbocycles. The van der Waals surface area contributed by atoms with Crippen molar-refractivity contribution in [2.45, 2.75) is 17.8 Å². The molecule has 0 bridgehead atoms. The molecule has 1 amide bonds. The number of anilines is 2. The standard InChI is InChI=1S/C19H20N6O5/c1-29-19-9(7-30-18(21)28)14-15(25(19)6-11-17(19)24-11)12(26)4-10(16(14)27)23-8-2-3-13(20)22-5-8/h2-5,9,11,17,23-24H,6-7H2,1H3,(H2,20,22)(H2,21,28). The number of ether oxygens (including phenoxy) is 2. The maximum absolute atomic E-state index is 13.4. The van der Waals surface area contributed by atoms with E-state index in [0.717, 1.165) is 0 Å². The summed E-state index contributed by atoms with van der Waals surface area (Å²) in [6, 6.07) is 3.28. The third kappa shape index (κ3) is 2.45. The maximum Gasteiger partial charge on any atom is 0.404 e. The minimum Gasteiger partial charge on any atom is -0.449 e. The molecule has 5 rings (SSSR count). The molecule has 4 heterocycles. The van der Waals surface area contributed by atoms with Gasteiger partial charge in [-0.25, -0.2) is 9.78 Å². The van der Waals surface area contributed by atoms with Crippen LogP contribution in [-0.2, 0) is 19.1 Å². The number of aromatic nitrogens is 1. The van der Waals surface area contributed by atoms with Gasteiger partial charge < -0.3 is 36.5 Å². The Hall–Kier alpha value is -3.44. The second kappa shape index (κ2) is 6.28. The van der Waals surface area contributed by atoms with Gasteiger partial charge in [-0.15, -0.1) is 0 Å². The summed E-state index contributed by atoms with van der Waals surface area (Å²) in [6.45, 7) is 0.334. The molecule has 4 atom stereocenters. The number of ketones is 2. The second-order valence-electron chi connectivity index (χ2n) is 7.61. The van der Waals surface area contributed by atoms with Gasteiger partial charge in [0.25, 0.3) is 0 Å². The van der Waals surface area contributed by atoms with Crippen molar-refractivity contribution in [3.05, 3.63) is 41.4 Å². The van der Waals surface area contributed by atoms with Crippen LogP contribution in [0.1, 0.15) is 0 Å². The minimum atomic E-state index is -0.998. The molecule has 4 aliphatic rings. The molecule has 2 saturated heterocycles. The molecule has 6 N–H and O–H groups in total. The van der Waals surface area contributed by atoms with Gasteiger partial charge in [-0.05, 0) is 12.1 Å². The van der Waals surface area contributed by atoms with Gasteiger partial charge in [-0.2, -0.15) is 0 Å². The van der Waals surface area contributed by atoms with Gasteiger partial charge in [0.1, 0.15) is 12.4 Å². The van der Waals surface area contributed by atoms with Crippen molar-refractivity contribution in [3.63, 3.8) is 0 Å². The van der Waals surface area contributed by atoms with Crippen LogP contribution in [-0.4, -0.2) is 65.6 Å². The molecule has 2 fully saturated rings. The predicted octanol–water partition coefficient (Wildman–Crippen LogP) is -0.911. The Kier molecular flexibility index (Phi) is 3.89. The fraction of sp³-hybridized carbons (Fsp3) is 0.368. The van der Waals surface area contributed by atoms with Crippen molar-refractivity contribution in [2.75, 3.05) is 31.3 Å². The normalized spacial score (nSPS) is 31.2. The van der Waals surface area contributed by atoms with E-state index in [4.69, 9.17) is 20.9 Å². The second-order valence-corrected chi connectivity index (χ2v) is 7.61. The van der Waals surface area contributed by atoms with Crippen molar-refractivity contribution in [1.82, 2.24) is 15.2 Å². The van der Waals surface area contributed by atoms with Crippen LogP contribution in [0.25, 0.3) is 0 Å². The summed E-state index contributed by atoms with van der Waals surface area (Å²) < 4.78 is 11.0. The highest BCUT2D eigenvalue weighted by atomic mass is 16.6. The number of hydrogen-bond donors (Lipinski definition) is 4. The molecule has 0 saturated carbocycles. The Morgan fingerprint density at radius 2 is 2.23 bits per heavy atom. The van der Waals surface area contributed by atoms with Crippen molar-refractivity contribution >= 4 is 29.2 Å². The van der Waals surface area contributed by atoms with Gasteiger partial charge in [-0.3, -0.25) is 9.59 Å². The number of primary amides is 1. The number of piperazine rings is 1. The number of methoxy groups -OCH3 is 1. The Morgan fingerprint density at radius 3 is 2.90 bits per heavy atom. The summed E-state index contributed by atoms with van der Waals surface area (Å²) in [5.41, 5.74) is 10.9. The molecule has 0 spiro atoms. The first-order valence-corrected chi connectivity index (χ1v) is 9.41. The largest absolute Gasteiger partial charge is 0.449 e. The van der Waals surface area contributed by atoms with E-state index in [1.54, 1.807) is 12.1 Å². The number of hydrogen-bond acceptors (Lipinski definition) is 10. The van der Waals surface area contributed by atoms with E-state index in [9.17, 15) is 14.4 Å². The summed E-state index contributed by atoms with van der Waals surface area (Å²) in [6.07, 6.45) is 1.77. The van der Waals surface area contributed by atoms with Crippen LogP contribution in [0, 0.1) is 5.92 Å². The molecule has 11 nitrogen and oxygen atoms in total. The Balaban J connectivity index is 1.52. The average molecular weight is 412 g/mol. The number of carbonyl (C=O) groups excluding carboxylic acids is 3. The predicted molar refractivity (Wildman–Crippen MR) is 104 cm³/mol. The molecule has 156 valence electrons. The smallest absolute Gasteiger partial charge is 0.404 e. The van der Waals surface area contributed by atoms with Crippen LogP contribution >= 0.6 is 0 Å². The number of carbonyl (C=O) groups is 3. The molecule has 1 aromatic heterocycles. The van der Waals surface area contributed by atoms with Crippen molar-refractivity contribution in [1.29, 1.82) is 0 Å². The number of Topliss-reactive ketones (excluding diaryl/α,β-unsaturated/α-hetero) is 1. The van der Waals surface area contributed by atoms with Gasteiger partial charge in [0.15, 0.2) is 5.72 Å². The number of amides is 1. The minimum absolute atomic E-state index is 0.0899. The fourth-order valence-corrected chi connectivity index (χ4v) is 4.85. The van der Waals surface area contributed by atoms with Crippen molar-refractivity contribution in [3.8, 4) is 0 Å². The third-order valence-corrected chi connectivity index (χ3v) is 6.09.